The van der Waals surface area contributed by atoms with Crippen LogP contribution in [0.5, 0.6) is 0 Å². The van der Waals surface area contributed by atoms with Gasteiger partial charge in [-0.3, -0.25) is 9.10 Å². The number of halogens is 2. The Morgan fingerprint density at radius 1 is 1.04 bits per heavy atom. The van der Waals surface area contributed by atoms with Crippen LogP contribution in [0.15, 0.2) is 53.4 Å². The summed E-state index contributed by atoms with van der Waals surface area (Å²) in [5, 5.41) is 2.63. The van der Waals surface area contributed by atoms with Gasteiger partial charge in [-0.05, 0) is 61.9 Å². The second-order valence-electron chi connectivity index (χ2n) is 5.84. The van der Waals surface area contributed by atoms with Crippen molar-refractivity contribution >= 4 is 21.6 Å². The van der Waals surface area contributed by atoms with Crippen LogP contribution in [0.3, 0.4) is 0 Å². The lowest BCUT2D eigenvalue weighted by atomic mass is 10.3. The van der Waals surface area contributed by atoms with E-state index in [1.54, 1.807) is 0 Å². The molecule has 6 nitrogen and oxygen atoms in total. The molecule has 0 atom stereocenters. The molecule has 28 heavy (non-hydrogen) atoms. The van der Waals surface area contributed by atoms with Crippen molar-refractivity contribution in [1.29, 1.82) is 0 Å². The minimum absolute atomic E-state index is 0.121. The number of amides is 1. The molecule has 1 amide bonds. The fraction of sp³-hybridized carbons (Fsp3) is 0.316. The first-order valence-corrected chi connectivity index (χ1v) is 10.2. The van der Waals surface area contributed by atoms with Crippen molar-refractivity contribution in [2.75, 3.05) is 30.6 Å². The number of benzene rings is 2. The molecule has 0 radical (unpaired) electrons. The molecule has 0 bridgehead atoms. The van der Waals surface area contributed by atoms with Gasteiger partial charge in [0.15, 0.2) is 0 Å². The summed E-state index contributed by atoms with van der Waals surface area (Å²) in [6.45, 7) is 2.74. The van der Waals surface area contributed by atoms with Gasteiger partial charge in [0.1, 0.15) is 18.2 Å². The summed E-state index contributed by atoms with van der Waals surface area (Å²) in [6, 6.07) is 8.98. The number of carbonyl (C=O) groups excluding carboxylic acids is 1. The van der Waals surface area contributed by atoms with Crippen LogP contribution in [0.25, 0.3) is 0 Å². The maximum absolute atomic E-state index is 13.2. The van der Waals surface area contributed by atoms with Gasteiger partial charge in [0, 0.05) is 19.8 Å². The quantitative estimate of drug-likeness (QED) is 0.609. The number of nitrogens with one attached hydrogen (secondary N) is 1. The van der Waals surface area contributed by atoms with E-state index in [0.717, 1.165) is 40.7 Å². The number of hydrogen-bond acceptors (Lipinski definition) is 4. The molecule has 1 N–H and O–H groups in total. The van der Waals surface area contributed by atoms with Crippen LogP contribution in [-0.2, 0) is 19.6 Å². The second kappa shape index (κ2) is 10.1. The van der Waals surface area contributed by atoms with Crippen LogP contribution >= 0.6 is 0 Å². The molecular formula is C19H22F2N2O4S. The largest absolute Gasteiger partial charge is 0.382 e. The lowest BCUT2D eigenvalue weighted by Gasteiger charge is -2.24. The van der Waals surface area contributed by atoms with E-state index in [2.05, 4.69) is 5.32 Å². The summed E-state index contributed by atoms with van der Waals surface area (Å²) >= 11 is 0. The van der Waals surface area contributed by atoms with Crippen LogP contribution in [-0.4, -0.2) is 40.6 Å². The van der Waals surface area contributed by atoms with E-state index in [1.807, 2.05) is 6.92 Å². The average molecular weight is 412 g/mol. The van der Waals surface area contributed by atoms with E-state index in [1.165, 1.54) is 12.1 Å². The zero-order chi connectivity index (χ0) is 20.6. The first-order chi connectivity index (χ1) is 13.3. The van der Waals surface area contributed by atoms with Gasteiger partial charge in [-0.2, -0.15) is 0 Å². The maximum atomic E-state index is 13.2. The molecule has 0 heterocycles. The first-order valence-electron chi connectivity index (χ1n) is 8.73. The smallest absolute Gasteiger partial charge is 0.264 e. The van der Waals surface area contributed by atoms with Crippen molar-refractivity contribution in [3.63, 3.8) is 0 Å². The highest BCUT2D eigenvalue weighted by molar-refractivity contribution is 7.92. The third-order valence-electron chi connectivity index (χ3n) is 3.80. The molecule has 0 aliphatic carbocycles. The van der Waals surface area contributed by atoms with Gasteiger partial charge in [0.2, 0.25) is 5.91 Å². The minimum atomic E-state index is -4.16. The molecule has 0 saturated heterocycles. The molecule has 0 aliphatic rings. The summed E-state index contributed by atoms with van der Waals surface area (Å²) in [7, 11) is -4.16. The van der Waals surface area contributed by atoms with E-state index >= 15 is 0 Å². The number of nitrogens with zero attached hydrogens (tertiary/aromatic N) is 1. The fourth-order valence-electron chi connectivity index (χ4n) is 2.39. The molecule has 2 aromatic rings. The summed E-state index contributed by atoms with van der Waals surface area (Å²) < 4.78 is 58.4. The number of ether oxygens (including phenoxy) is 1. The first kappa shape index (κ1) is 21.8. The highest BCUT2D eigenvalue weighted by Gasteiger charge is 2.27. The van der Waals surface area contributed by atoms with Gasteiger partial charge < -0.3 is 10.1 Å². The Labute approximate surface area is 163 Å². The number of hydrogen-bond donors (Lipinski definition) is 1. The zero-order valence-corrected chi connectivity index (χ0v) is 16.2. The SMILES string of the molecule is CCOCCCNC(=O)CN(c1ccc(F)cc1)S(=O)(=O)c1ccc(F)cc1. The molecule has 2 aromatic carbocycles. The Kier molecular flexibility index (Phi) is 7.89. The van der Waals surface area contributed by atoms with Gasteiger partial charge in [-0.25, -0.2) is 17.2 Å². The van der Waals surface area contributed by atoms with Crippen molar-refractivity contribution in [3.05, 3.63) is 60.2 Å². The Morgan fingerprint density at radius 3 is 2.18 bits per heavy atom. The zero-order valence-electron chi connectivity index (χ0n) is 15.4. The Bertz CT molecular complexity index is 872. The van der Waals surface area contributed by atoms with Gasteiger partial charge >= 0.3 is 0 Å². The van der Waals surface area contributed by atoms with Crippen molar-refractivity contribution < 1.29 is 26.7 Å². The highest BCUT2D eigenvalue weighted by atomic mass is 32.2. The minimum Gasteiger partial charge on any atom is -0.382 e. The van der Waals surface area contributed by atoms with E-state index in [4.69, 9.17) is 4.74 Å². The van der Waals surface area contributed by atoms with E-state index in [0.29, 0.717) is 26.2 Å². The van der Waals surface area contributed by atoms with Crippen molar-refractivity contribution in [2.45, 2.75) is 18.2 Å². The molecule has 2 rings (SSSR count). The lowest BCUT2D eigenvalue weighted by molar-refractivity contribution is -0.119. The monoisotopic (exact) mass is 412 g/mol. The van der Waals surface area contributed by atoms with Crippen molar-refractivity contribution in [3.8, 4) is 0 Å². The molecular weight excluding hydrogens is 390 g/mol. The average Bonchev–Trinajstić information content (AvgIpc) is 2.67. The number of anilines is 1. The summed E-state index contributed by atoms with van der Waals surface area (Å²) in [5.41, 5.74) is 0.121. The van der Waals surface area contributed by atoms with Crippen LogP contribution in [0.1, 0.15) is 13.3 Å². The van der Waals surface area contributed by atoms with E-state index in [-0.39, 0.29) is 10.6 Å². The summed E-state index contributed by atoms with van der Waals surface area (Å²) in [5.74, 6) is -1.64. The Balaban J connectivity index is 2.21. The van der Waals surface area contributed by atoms with Crippen molar-refractivity contribution in [2.24, 2.45) is 0 Å². The predicted molar refractivity (Wildman–Crippen MR) is 101 cm³/mol. The van der Waals surface area contributed by atoms with Crippen LogP contribution in [0.2, 0.25) is 0 Å². The van der Waals surface area contributed by atoms with E-state index < -0.39 is 34.1 Å². The lowest BCUT2D eigenvalue weighted by Crippen LogP contribution is -2.41. The Hall–Kier alpha value is -2.52. The molecule has 0 fully saturated rings. The van der Waals surface area contributed by atoms with Gasteiger partial charge in [-0.15, -0.1) is 0 Å². The maximum Gasteiger partial charge on any atom is 0.264 e. The molecule has 0 aliphatic heterocycles. The summed E-state index contributed by atoms with van der Waals surface area (Å²) in [4.78, 5) is 12.1. The standard InChI is InChI=1S/C19H22F2N2O4S/c1-2-27-13-3-12-22-19(24)14-23(17-8-4-15(20)5-9-17)28(25,26)18-10-6-16(21)7-11-18/h4-11H,2-3,12-14H2,1H3,(H,22,24). The van der Waals surface area contributed by atoms with Gasteiger partial charge in [0.05, 0.1) is 10.6 Å². The molecule has 152 valence electrons. The highest BCUT2D eigenvalue weighted by Crippen LogP contribution is 2.24. The molecule has 0 aromatic heterocycles. The second-order valence-corrected chi connectivity index (χ2v) is 7.70. The third kappa shape index (κ3) is 6.00. The van der Waals surface area contributed by atoms with Crippen LogP contribution < -0.4 is 9.62 Å². The fourth-order valence-corrected chi connectivity index (χ4v) is 3.81. The number of rotatable bonds is 10. The van der Waals surface area contributed by atoms with Gasteiger partial charge in [0.25, 0.3) is 10.0 Å². The number of sulfonamides is 1. The topological polar surface area (TPSA) is 75.7 Å². The predicted octanol–water partition coefficient (Wildman–Crippen LogP) is 2.70. The van der Waals surface area contributed by atoms with Crippen molar-refractivity contribution in [1.82, 2.24) is 5.32 Å². The molecule has 0 unspecified atom stereocenters. The van der Waals surface area contributed by atoms with Gasteiger partial charge in [-0.1, -0.05) is 0 Å². The molecule has 9 heteroatoms. The van der Waals surface area contributed by atoms with Crippen LogP contribution in [0.4, 0.5) is 14.5 Å². The van der Waals surface area contributed by atoms with E-state index in [9.17, 15) is 22.0 Å². The molecule has 0 spiro atoms. The number of carbonyl (C=O) groups is 1. The molecule has 0 saturated carbocycles. The Morgan fingerprint density at radius 2 is 1.61 bits per heavy atom. The third-order valence-corrected chi connectivity index (χ3v) is 5.58. The van der Waals surface area contributed by atoms with Crippen LogP contribution in [0, 0.1) is 11.6 Å². The summed E-state index contributed by atoms with van der Waals surface area (Å²) in [6.07, 6.45) is 0.584. The normalized spacial score (nSPS) is 11.2.